The van der Waals surface area contributed by atoms with Crippen molar-refractivity contribution in [3.8, 4) is 5.75 Å². The number of carbonyl (C=O) groups excluding carboxylic acids is 2. The minimum atomic E-state index is -0.744. The third kappa shape index (κ3) is 4.65. The van der Waals surface area contributed by atoms with Gasteiger partial charge in [0, 0.05) is 62.1 Å². The van der Waals surface area contributed by atoms with Gasteiger partial charge in [0.1, 0.15) is 12.4 Å². The molecule has 1 N–H and O–H groups in total. The van der Waals surface area contributed by atoms with Crippen LogP contribution in [0.5, 0.6) is 5.75 Å². The highest BCUT2D eigenvalue weighted by Gasteiger charge is 2.58. The van der Waals surface area contributed by atoms with Crippen molar-refractivity contribution >= 4 is 28.7 Å². The van der Waals surface area contributed by atoms with E-state index >= 15 is 0 Å². The number of carbonyl (C=O) groups is 2. The molecule has 0 aliphatic carbocycles. The monoisotopic (exact) mass is 540 g/mol. The highest BCUT2D eigenvalue weighted by atomic mass is 16.5. The van der Waals surface area contributed by atoms with Crippen LogP contribution in [0.15, 0.2) is 72.2 Å². The Kier molecular flexibility index (Phi) is 7.29. The number of ether oxygens (including phenoxy) is 1. The number of anilines is 1. The summed E-state index contributed by atoms with van der Waals surface area (Å²) in [5.74, 6) is 0.0590. The Morgan fingerprint density at radius 1 is 1.05 bits per heavy atom. The maximum absolute atomic E-state index is 12.6. The van der Waals surface area contributed by atoms with Crippen LogP contribution in [0.2, 0.25) is 0 Å². The van der Waals surface area contributed by atoms with E-state index in [0.29, 0.717) is 5.70 Å². The van der Waals surface area contributed by atoms with E-state index in [4.69, 9.17) is 4.74 Å². The number of nitrogens with zero attached hydrogens (tertiary/aromatic N) is 4. The van der Waals surface area contributed by atoms with Crippen LogP contribution in [0.25, 0.3) is 10.8 Å². The molecule has 1 unspecified atom stereocenters. The minimum absolute atomic E-state index is 0.0536. The number of allylic oxidation sites excluding steroid dienone is 1. The number of rotatable bonds is 9. The number of amides is 1. The molecule has 3 aliphatic rings. The lowest BCUT2D eigenvalue weighted by Crippen LogP contribution is -2.63. The molecule has 8 heteroatoms. The molecule has 208 valence electrons. The molecular formula is C32H36N4O4. The molecule has 3 aromatic rings. The van der Waals surface area contributed by atoms with Gasteiger partial charge in [-0.05, 0) is 48.1 Å². The zero-order chi connectivity index (χ0) is 27.8. The summed E-state index contributed by atoms with van der Waals surface area (Å²) in [6.45, 7) is 8.95. The zero-order valence-electron chi connectivity index (χ0n) is 23.1. The number of hydrogen-bond acceptors (Lipinski definition) is 7. The third-order valence-electron chi connectivity index (χ3n) is 8.92. The van der Waals surface area contributed by atoms with Gasteiger partial charge in [-0.2, -0.15) is 0 Å². The summed E-state index contributed by atoms with van der Waals surface area (Å²) in [6.07, 6.45) is 4.66. The molecule has 0 saturated carbocycles. The maximum Gasteiger partial charge on any atom is 0.235 e. The normalized spacial score (nSPS) is 23.8. The van der Waals surface area contributed by atoms with Crippen molar-refractivity contribution in [2.24, 2.45) is 11.8 Å². The molecule has 8 nitrogen and oxygen atoms in total. The summed E-state index contributed by atoms with van der Waals surface area (Å²) in [5, 5.41) is 12.3. The number of β-lactam (4-membered cyclic amide) rings is 1. The second-order valence-electron chi connectivity index (χ2n) is 11.1. The Balaban J connectivity index is 1.12. The summed E-state index contributed by atoms with van der Waals surface area (Å²) < 4.78 is 6.33. The highest BCUT2D eigenvalue weighted by Crippen LogP contribution is 2.46. The molecule has 1 aromatic heterocycles. The van der Waals surface area contributed by atoms with Crippen LogP contribution in [0.1, 0.15) is 19.4 Å². The molecule has 40 heavy (non-hydrogen) atoms. The fourth-order valence-corrected chi connectivity index (χ4v) is 6.68. The van der Waals surface area contributed by atoms with Gasteiger partial charge in [-0.3, -0.25) is 19.5 Å². The third-order valence-corrected chi connectivity index (χ3v) is 8.92. The number of hydrogen-bond donors (Lipinski definition) is 1. The molecule has 2 saturated heterocycles. The van der Waals surface area contributed by atoms with E-state index in [1.165, 1.54) is 16.6 Å². The van der Waals surface area contributed by atoms with E-state index in [-0.39, 0.29) is 24.5 Å². The van der Waals surface area contributed by atoms with Crippen LogP contribution < -0.4 is 9.64 Å². The fraction of sp³-hybridized carbons (Fsp3) is 0.406. The average Bonchev–Trinajstić information content (AvgIpc) is 3.22. The number of fused-ring (bicyclic) bond motifs is 2. The Morgan fingerprint density at radius 2 is 1.77 bits per heavy atom. The summed E-state index contributed by atoms with van der Waals surface area (Å²) in [5.41, 5.74) is 3.73. The summed E-state index contributed by atoms with van der Waals surface area (Å²) in [6, 6.07) is 16.4. The standard InChI is InChI=1S/C32H36N4O4/c1-21-27(28(19-37)36-31(21)30(22(2)38)32(36)39)20-40-29-8-4-6-25-23(5-3-7-26(25)29)11-14-34-15-17-35(18-16-34)24-9-12-33-13-10-24/h3-10,12-13,19,21-22,30-31,38H,11,14-18,20H2,1-2H3/t21-,22+,30+,31?/m0/s1. The van der Waals surface area contributed by atoms with Crippen LogP contribution in [0.3, 0.4) is 0 Å². The first-order valence-corrected chi connectivity index (χ1v) is 14.2. The van der Waals surface area contributed by atoms with Crippen LogP contribution in [-0.4, -0.2) is 83.6 Å². The molecule has 3 aliphatic heterocycles. The van der Waals surface area contributed by atoms with Crippen LogP contribution >= 0.6 is 0 Å². The van der Waals surface area contributed by atoms with Gasteiger partial charge in [-0.1, -0.05) is 37.3 Å². The summed E-state index contributed by atoms with van der Waals surface area (Å²) in [7, 11) is 0. The number of aliphatic hydroxyl groups excluding tert-OH is 1. The molecule has 0 bridgehead atoms. The quantitative estimate of drug-likeness (QED) is 0.329. The van der Waals surface area contributed by atoms with Gasteiger partial charge < -0.3 is 19.6 Å². The predicted molar refractivity (Wildman–Crippen MR) is 154 cm³/mol. The van der Waals surface area contributed by atoms with Gasteiger partial charge >= 0.3 is 0 Å². The molecule has 6 rings (SSSR count). The van der Waals surface area contributed by atoms with Crippen molar-refractivity contribution in [1.29, 1.82) is 0 Å². The lowest BCUT2D eigenvalue weighted by atomic mass is 9.78. The average molecular weight is 541 g/mol. The van der Waals surface area contributed by atoms with Gasteiger partial charge in [-0.15, -0.1) is 0 Å². The Hall–Kier alpha value is -3.75. The van der Waals surface area contributed by atoms with Crippen molar-refractivity contribution < 1.29 is 19.4 Å². The smallest absolute Gasteiger partial charge is 0.235 e. The summed E-state index contributed by atoms with van der Waals surface area (Å²) in [4.78, 5) is 35.2. The van der Waals surface area contributed by atoms with E-state index < -0.39 is 12.0 Å². The van der Waals surface area contributed by atoms with Crippen molar-refractivity contribution in [2.45, 2.75) is 32.4 Å². The first kappa shape index (κ1) is 26.5. The molecule has 0 radical (unpaired) electrons. The van der Waals surface area contributed by atoms with Crippen molar-refractivity contribution in [3.63, 3.8) is 0 Å². The highest BCUT2D eigenvalue weighted by molar-refractivity contribution is 5.96. The maximum atomic E-state index is 12.6. The number of aliphatic hydroxyl groups is 1. The van der Waals surface area contributed by atoms with Gasteiger partial charge in [0.25, 0.3) is 0 Å². The second kappa shape index (κ2) is 11.0. The molecule has 1 amide bonds. The van der Waals surface area contributed by atoms with Gasteiger partial charge in [0.15, 0.2) is 6.29 Å². The minimum Gasteiger partial charge on any atom is -0.489 e. The number of piperazine rings is 1. The van der Waals surface area contributed by atoms with Crippen molar-refractivity contribution in [3.05, 3.63) is 77.8 Å². The number of aldehydes is 1. The Labute approximate surface area is 234 Å². The van der Waals surface area contributed by atoms with Gasteiger partial charge in [0.2, 0.25) is 5.91 Å². The lowest BCUT2D eigenvalue weighted by molar-refractivity contribution is -0.160. The summed E-state index contributed by atoms with van der Waals surface area (Å²) >= 11 is 0. The second-order valence-corrected chi connectivity index (χ2v) is 11.1. The first-order valence-electron chi connectivity index (χ1n) is 14.2. The number of aromatic nitrogens is 1. The van der Waals surface area contributed by atoms with E-state index in [2.05, 4.69) is 51.2 Å². The van der Waals surface area contributed by atoms with Crippen molar-refractivity contribution in [2.75, 3.05) is 44.2 Å². The Morgan fingerprint density at radius 3 is 2.50 bits per heavy atom. The van der Waals surface area contributed by atoms with Gasteiger partial charge in [-0.25, -0.2) is 0 Å². The predicted octanol–water partition coefficient (Wildman–Crippen LogP) is 3.29. The first-order chi connectivity index (χ1) is 19.5. The van der Waals surface area contributed by atoms with Crippen LogP contribution in [0.4, 0.5) is 5.69 Å². The van der Waals surface area contributed by atoms with Crippen molar-refractivity contribution in [1.82, 2.24) is 14.8 Å². The lowest BCUT2D eigenvalue weighted by Gasteiger charge is -2.46. The van der Waals surface area contributed by atoms with E-state index in [9.17, 15) is 14.7 Å². The van der Waals surface area contributed by atoms with E-state index in [1.54, 1.807) is 11.8 Å². The number of benzene rings is 2. The largest absolute Gasteiger partial charge is 0.489 e. The molecule has 0 spiro atoms. The topological polar surface area (TPSA) is 86.2 Å². The van der Waals surface area contributed by atoms with Crippen LogP contribution in [0, 0.1) is 11.8 Å². The van der Waals surface area contributed by atoms with E-state index in [1.807, 2.05) is 31.5 Å². The van der Waals surface area contributed by atoms with E-state index in [0.717, 1.165) is 62.1 Å². The molecule has 4 atom stereocenters. The van der Waals surface area contributed by atoms with Crippen LogP contribution in [-0.2, 0) is 16.0 Å². The zero-order valence-corrected chi connectivity index (χ0v) is 23.1. The number of pyridine rings is 1. The van der Waals surface area contributed by atoms with Gasteiger partial charge in [0.05, 0.1) is 23.8 Å². The molecule has 4 heterocycles. The molecular weight excluding hydrogens is 504 g/mol. The SMILES string of the molecule is C[C@H]1C(COc2cccc3c(CCN4CCN(c5ccncc5)CC4)cccc23)=C(C=O)N2C(=O)[C@H]([C@@H](C)O)C12. The molecule has 2 fully saturated rings. The Bertz CT molecular complexity index is 1430. The molecule has 2 aromatic carbocycles. The fourth-order valence-electron chi connectivity index (χ4n) is 6.68.